The summed E-state index contributed by atoms with van der Waals surface area (Å²) >= 11 is 1.41. The summed E-state index contributed by atoms with van der Waals surface area (Å²) in [5.74, 6) is 1.13. The quantitative estimate of drug-likeness (QED) is 0.623. The summed E-state index contributed by atoms with van der Waals surface area (Å²) in [6.07, 6.45) is 0. The second-order valence-corrected chi connectivity index (χ2v) is 7.35. The van der Waals surface area contributed by atoms with E-state index < -0.39 is 0 Å². The Morgan fingerprint density at radius 2 is 1.81 bits per heavy atom. The minimum absolute atomic E-state index is 0.0149. The van der Waals surface area contributed by atoms with Crippen LogP contribution < -0.4 is 5.32 Å². The second-order valence-electron chi connectivity index (χ2n) is 6.41. The van der Waals surface area contributed by atoms with E-state index in [0.29, 0.717) is 5.75 Å². The smallest absolute Gasteiger partial charge is 0.230 e. The Morgan fingerprint density at radius 3 is 2.48 bits per heavy atom. The van der Waals surface area contributed by atoms with Gasteiger partial charge in [-0.2, -0.15) is 0 Å². The maximum Gasteiger partial charge on any atom is 0.230 e. The van der Waals surface area contributed by atoms with E-state index in [4.69, 9.17) is 0 Å². The van der Waals surface area contributed by atoms with Crippen LogP contribution in [-0.2, 0) is 11.3 Å². The number of nitrogens with zero attached hydrogens (tertiary/aromatic N) is 3. The fraction of sp³-hybridized carbons (Fsp3) is 0.286. The van der Waals surface area contributed by atoms with E-state index in [0.717, 1.165) is 28.7 Å². The van der Waals surface area contributed by atoms with Crippen molar-refractivity contribution in [3.8, 4) is 11.4 Å². The minimum atomic E-state index is -0.0218. The Labute approximate surface area is 164 Å². The standard InChI is InChI=1S/C21H24N4OS/c1-4-25-20(18-12-10-15(2)11-13-18)23-24-21(25)27-14-19(26)22-16(3)17-8-6-5-7-9-17/h5-13,16H,4,14H2,1-3H3,(H,22,26)/t16-/m0/s1. The largest absolute Gasteiger partial charge is 0.349 e. The SMILES string of the molecule is CCn1c(SCC(=O)N[C@@H](C)c2ccccc2)nnc1-c1ccc(C)cc1. The maximum absolute atomic E-state index is 12.3. The molecular weight excluding hydrogens is 356 g/mol. The van der Waals surface area contributed by atoms with E-state index >= 15 is 0 Å². The fourth-order valence-electron chi connectivity index (χ4n) is 2.84. The van der Waals surface area contributed by atoms with Crippen LogP contribution >= 0.6 is 11.8 Å². The second kappa shape index (κ2) is 8.86. The van der Waals surface area contributed by atoms with Crippen molar-refractivity contribution >= 4 is 17.7 Å². The Morgan fingerprint density at radius 1 is 1.11 bits per heavy atom. The van der Waals surface area contributed by atoms with Crippen molar-refractivity contribution in [1.29, 1.82) is 0 Å². The zero-order chi connectivity index (χ0) is 19.2. The Balaban J connectivity index is 1.64. The highest BCUT2D eigenvalue weighted by Crippen LogP contribution is 2.24. The van der Waals surface area contributed by atoms with Crippen LogP contribution in [0.4, 0.5) is 0 Å². The molecule has 1 heterocycles. The van der Waals surface area contributed by atoms with Crippen molar-refractivity contribution in [2.75, 3.05) is 5.75 Å². The molecule has 0 saturated heterocycles. The molecule has 140 valence electrons. The lowest BCUT2D eigenvalue weighted by Gasteiger charge is -2.14. The predicted octanol–water partition coefficient (Wildman–Crippen LogP) is 4.24. The van der Waals surface area contributed by atoms with Crippen LogP contribution in [-0.4, -0.2) is 26.4 Å². The predicted molar refractivity (Wildman–Crippen MR) is 110 cm³/mol. The third-order valence-corrected chi connectivity index (χ3v) is 5.32. The molecule has 2 aromatic carbocycles. The van der Waals surface area contributed by atoms with Gasteiger partial charge in [0.15, 0.2) is 11.0 Å². The molecule has 0 aliphatic carbocycles. The van der Waals surface area contributed by atoms with Gasteiger partial charge in [0.1, 0.15) is 0 Å². The molecule has 0 radical (unpaired) electrons. The van der Waals surface area contributed by atoms with Crippen LogP contribution in [0.1, 0.15) is 31.0 Å². The molecule has 5 nitrogen and oxygen atoms in total. The zero-order valence-corrected chi connectivity index (χ0v) is 16.7. The Bertz CT molecular complexity index is 890. The molecule has 1 atom stereocenters. The van der Waals surface area contributed by atoms with E-state index in [1.807, 2.05) is 54.0 Å². The average Bonchev–Trinajstić information content (AvgIpc) is 3.10. The first-order chi connectivity index (χ1) is 13.1. The number of nitrogens with one attached hydrogen (secondary N) is 1. The molecule has 3 rings (SSSR count). The number of aryl methyl sites for hydroxylation is 1. The van der Waals surface area contributed by atoms with Gasteiger partial charge in [0.2, 0.25) is 5.91 Å². The molecular formula is C21H24N4OS. The highest BCUT2D eigenvalue weighted by Gasteiger charge is 2.15. The number of rotatable bonds is 7. The van der Waals surface area contributed by atoms with Gasteiger partial charge in [0.05, 0.1) is 11.8 Å². The molecule has 3 aromatic rings. The van der Waals surface area contributed by atoms with Gasteiger partial charge in [-0.3, -0.25) is 4.79 Å². The molecule has 27 heavy (non-hydrogen) atoms. The van der Waals surface area contributed by atoms with Gasteiger partial charge in [-0.15, -0.1) is 10.2 Å². The number of hydrogen-bond acceptors (Lipinski definition) is 4. The summed E-state index contributed by atoms with van der Waals surface area (Å²) in [7, 11) is 0. The van der Waals surface area contributed by atoms with Crippen LogP contribution in [0.5, 0.6) is 0 Å². The molecule has 0 aliphatic heterocycles. The van der Waals surface area contributed by atoms with Gasteiger partial charge < -0.3 is 9.88 Å². The monoisotopic (exact) mass is 380 g/mol. The highest BCUT2D eigenvalue weighted by atomic mass is 32.2. The van der Waals surface area contributed by atoms with Crippen LogP contribution in [0.3, 0.4) is 0 Å². The van der Waals surface area contributed by atoms with Crippen molar-refractivity contribution in [1.82, 2.24) is 20.1 Å². The first-order valence-corrected chi connectivity index (χ1v) is 10.0. The van der Waals surface area contributed by atoms with E-state index in [9.17, 15) is 4.79 Å². The van der Waals surface area contributed by atoms with E-state index in [-0.39, 0.29) is 11.9 Å². The van der Waals surface area contributed by atoms with Crippen LogP contribution in [0.15, 0.2) is 59.8 Å². The van der Waals surface area contributed by atoms with Gasteiger partial charge >= 0.3 is 0 Å². The number of amides is 1. The van der Waals surface area contributed by atoms with Crippen LogP contribution in [0, 0.1) is 6.92 Å². The highest BCUT2D eigenvalue weighted by molar-refractivity contribution is 7.99. The van der Waals surface area contributed by atoms with Crippen molar-refractivity contribution in [3.05, 3.63) is 65.7 Å². The van der Waals surface area contributed by atoms with Crippen molar-refractivity contribution in [2.24, 2.45) is 0 Å². The van der Waals surface area contributed by atoms with Gasteiger partial charge in [-0.05, 0) is 26.3 Å². The van der Waals surface area contributed by atoms with Gasteiger partial charge in [-0.25, -0.2) is 0 Å². The molecule has 0 fully saturated rings. The third-order valence-electron chi connectivity index (χ3n) is 4.35. The molecule has 0 bridgehead atoms. The first kappa shape index (κ1) is 19.2. The molecule has 6 heteroatoms. The number of carbonyl (C=O) groups excluding carboxylic acids is 1. The Kier molecular flexibility index (Phi) is 6.29. The molecule has 0 saturated carbocycles. The minimum Gasteiger partial charge on any atom is -0.349 e. The molecule has 1 amide bonds. The molecule has 1 N–H and O–H groups in total. The Hall–Kier alpha value is -2.60. The zero-order valence-electron chi connectivity index (χ0n) is 15.8. The molecule has 0 unspecified atom stereocenters. The number of carbonyl (C=O) groups is 1. The van der Waals surface area contributed by atoms with E-state index in [1.165, 1.54) is 17.3 Å². The number of aromatic nitrogens is 3. The van der Waals surface area contributed by atoms with Crippen LogP contribution in [0.2, 0.25) is 0 Å². The van der Waals surface area contributed by atoms with Crippen molar-refractivity contribution < 1.29 is 4.79 Å². The number of thioether (sulfide) groups is 1. The third kappa shape index (κ3) is 4.77. The summed E-state index contributed by atoms with van der Waals surface area (Å²) in [5, 5.41) is 12.4. The average molecular weight is 381 g/mol. The molecule has 0 spiro atoms. The van der Waals surface area contributed by atoms with E-state index in [1.54, 1.807) is 0 Å². The molecule has 0 aliphatic rings. The summed E-state index contributed by atoms with van der Waals surface area (Å²) in [5.41, 5.74) is 3.33. The van der Waals surface area contributed by atoms with E-state index in [2.05, 4.69) is 41.5 Å². The maximum atomic E-state index is 12.3. The van der Waals surface area contributed by atoms with Crippen molar-refractivity contribution in [3.63, 3.8) is 0 Å². The van der Waals surface area contributed by atoms with Crippen molar-refractivity contribution in [2.45, 2.75) is 38.5 Å². The lowest BCUT2D eigenvalue weighted by molar-refractivity contribution is -0.119. The fourth-order valence-corrected chi connectivity index (χ4v) is 3.65. The summed E-state index contributed by atoms with van der Waals surface area (Å²) in [6, 6.07) is 18.2. The topological polar surface area (TPSA) is 59.8 Å². The summed E-state index contributed by atoms with van der Waals surface area (Å²) < 4.78 is 2.04. The first-order valence-electron chi connectivity index (χ1n) is 9.05. The van der Waals surface area contributed by atoms with Gasteiger partial charge in [0, 0.05) is 12.1 Å². The summed E-state index contributed by atoms with van der Waals surface area (Å²) in [6.45, 7) is 6.86. The van der Waals surface area contributed by atoms with Crippen LogP contribution in [0.25, 0.3) is 11.4 Å². The van der Waals surface area contributed by atoms with Gasteiger partial charge in [0.25, 0.3) is 0 Å². The lowest BCUT2D eigenvalue weighted by Crippen LogP contribution is -2.28. The number of benzene rings is 2. The lowest BCUT2D eigenvalue weighted by atomic mass is 10.1. The van der Waals surface area contributed by atoms with Gasteiger partial charge in [-0.1, -0.05) is 71.9 Å². The summed E-state index contributed by atoms with van der Waals surface area (Å²) in [4.78, 5) is 12.3. The molecule has 1 aromatic heterocycles. The number of hydrogen-bond donors (Lipinski definition) is 1. The normalized spacial score (nSPS) is 12.0.